The Hall–Kier alpha value is -1.56. The monoisotopic (exact) mass is 231 g/mol. The second-order valence-corrected chi connectivity index (χ2v) is 3.03. The van der Waals surface area contributed by atoms with Gasteiger partial charge in [0.2, 0.25) is 0 Å². The molecule has 1 aromatic rings. The van der Waals surface area contributed by atoms with Crippen LogP contribution in [0.3, 0.4) is 0 Å². The van der Waals surface area contributed by atoms with Gasteiger partial charge in [0.1, 0.15) is 11.3 Å². The van der Waals surface area contributed by atoms with E-state index in [4.69, 9.17) is 21.5 Å². The van der Waals surface area contributed by atoms with Gasteiger partial charge in [-0.25, -0.2) is 4.79 Å². The summed E-state index contributed by atoms with van der Waals surface area (Å²) >= 11 is 5.57. The zero-order valence-electron chi connectivity index (χ0n) is 8.27. The van der Waals surface area contributed by atoms with E-state index in [0.29, 0.717) is 0 Å². The quantitative estimate of drug-likeness (QED) is 0.364. The molecule has 0 aliphatic carbocycles. The second kappa shape index (κ2) is 4.79. The van der Waals surface area contributed by atoms with E-state index >= 15 is 0 Å². The van der Waals surface area contributed by atoms with Crippen LogP contribution in [0.2, 0.25) is 0 Å². The lowest BCUT2D eigenvalue weighted by molar-refractivity contribution is 0.0526. The maximum Gasteiger partial charge on any atom is 0.342 e. The standard InChI is InChI=1S/C8H10ClN3O3/c1-3-15-8(13)5-4-12(2)10-6(5)7(9)11-14/h4,14H,3H2,1-2H3/b11-7+. The van der Waals surface area contributed by atoms with Crippen LogP contribution in [0, 0.1) is 0 Å². The van der Waals surface area contributed by atoms with Crippen LogP contribution in [0.25, 0.3) is 0 Å². The van der Waals surface area contributed by atoms with Crippen molar-refractivity contribution < 1.29 is 14.7 Å². The fourth-order valence-corrected chi connectivity index (χ4v) is 1.19. The van der Waals surface area contributed by atoms with Crippen molar-refractivity contribution in [1.29, 1.82) is 0 Å². The van der Waals surface area contributed by atoms with Crippen LogP contribution in [-0.4, -0.2) is 32.7 Å². The average Bonchev–Trinajstić information content (AvgIpc) is 2.59. The van der Waals surface area contributed by atoms with Gasteiger partial charge in [-0.15, -0.1) is 0 Å². The topological polar surface area (TPSA) is 76.7 Å². The summed E-state index contributed by atoms with van der Waals surface area (Å²) in [6, 6.07) is 0. The summed E-state index contributed by atoms with van der Waals surface area (Å²) in [5.74, 6) is -0.553. The number of aryl methyl sites for hydroxylation is 1. The Kier molecular flexibility index (Phi) is 3.68. The molecule has 0 unspecified atom stereocenters. The number of carbonyl (C=O) groups is 1. The molecule has 1 N–H and O–H groups in total. The third kappa shape index (κ3) is 2.47. The van der Waals surface area contributed by atoms with E-state index in [0.717, 1.165) is 0 Å². The van der Waals surface area contributed by atoms with Crippen molar-refractivity contribution in [1.82, 2.24) is 9.78 Å². The molecule has 82 valence electrons. The lowest BCUT2D eigenvalue weighted by atomic mass is 10.2. The van der Waals surface area contributed by atoms with Gasteiger partial charge in [-0.1, -0.05) is 16.8 Å². The molecule has 1 rings (SSSR count). The molecular weight excluding hydrogens is 222 g/mol. The van der Waals surface area contributed by atoms with Gasteiger partial charge in [-0.3, -0.25) is 4.68 Å². The van der Waals surface area contributed by atoms with Crippen molar-refractivity contribution in [3.63, 3.8) is 0 Å². The molecule has 0 atom stereocenters. The SMILES string of the molecule is CCOC(=O)c1cn(C)nc1/C(Cl)=N\O. The lowest BCUT2D eigenvalue weighted by Crippen LogP contribution is -2.08. The van der Waals surface area contributed by atoms with Gasteiger partial charge in [0.05, 0.1) is 6.61 Å². The van der Waals surface area contributed by atoms with Crippen LogP contribution >= 0.6 is 11.6 Å². The summed E-state index contributed by atoms with van der Waals surface area (Å²) in [4.78, 5) is 11.4. The number of hydrogen-bond acceptors (Lipinski definition) is 5. The number of aromatic nitrogens is 2. The van der Waals surface area contributed by atoms with E-state index in [1.807, 2.05) is 0 Å². The first-order chi connectivity index (χ1) is 7.10. The minimum absolute atomic E-state index is 0.0973. The van der Waals surface area contributed by atoms with Crippen molar-refractivity contribution in [3.8, 4) is 0 Å². The van der Waals surface area contributed by atoms with E-state index in [2.05, 4.69) is 10.3 Å². The zero-order valence-corrected chi connectivity index (χ0v) is 9.02. The van der Waals surface area contributed by atoms with Gasteiger partial charge in [-0.2, -0.15) is 5.10 Å². The highest BCUT2D eigenvalue weighted by Gasteiger charge is 2.20. The number of oxime groups is 1. The normalized spacial score (nSPS) is 11.5. The summed E-state index contributed by atoms with van der Waals surface area (Å²) in [5.41, 5.74) is 0.266. The second-order valence-electron chi connectivity index (χ2n) is 2.68. The lowest BCUT2D eigenvalue weighted by Gasteiger charge is -1.99. The molecule has 0 amide bonds. The van der Waals surface area contributed by atoms with E-state index in [-0.39, 0.29) is 23.0 Å². The minimum Gasteiger partial charge on any atom is -0.462 e. The van der Waals surface area contributed by atoms with Gasteiger partial charge < -0.3 is 9.94 Å². The zero-order chi connectivity index (χ0) is 11.4. The fraction of sp³-hybridized carbons (Fsp3) is 0.375. The average molecular weight is 232 g/mol. The maximum atomic E-state index is 11.4. The number of carbonyl (C=O) groups excluding carboxylic acids is 1. The van der Waals surface area contributed by atoms with Gasteiger partial charge in [0.15, 0.2) is 5.17 Å². The van der Waals surface area contributed by atoms with Crippen molar-refractivity contribution in [2.75, 3.05) is 6.61 Å². The highest BCUT2D eigenvalue weighted by Crippen LogP contribution is 2.11. The first-order valence-electron chi connectivity index (χ1n) is 4.18. The molecule has 0 aromatic carbocycles. The van der Waals surface area contributed by atoms with Crippen LogP contribution in [-0.2, 0) is 11.8 Å². The Morgan fingerprint density at radius 1 is 1.80 bits per heavy atom. The molecule has 0 saturated carbocycles. The summed E-state index contributed by atoms with van der Waals surface area (Å²) in [5, 5.41) is 14.9. The first-order valence-corrected chi connectivity index (χ1v) is 4.56. The highest BCUT2D eigenvalue weighted by atomic mass is 35.5. The number of hydrogen-bond donors (Lipinski definition) is 1. The van der Waals surface area contributed by atoms with Crippen LogP contribution in [0.5, 0.6) is 0 Å². The minimum atomic E-state index is -0.553. The number of esters is 1. The van der Waals surface area contributed by atoms with Crippen LogP contribution in [0.15, 0.2) is 11.4 Å². The van der Waals surface area contributed by atoms with Crippen molar-refractivity contribution >= 4 is 22.7 Å². The Morgan fingerprint density at radius 3 is 3.00 bits per heavy atom. The van der Waals surface area contributed by atoms with Crippen molar-refractivity contribution in [2.45, 2.75) is 6.92 Å². The predicted octanol–water partition coefficient (Wildman–Crippen LogP) is 0.971. The maximum absolute atomic E-state index is 11.4. The molecule has 0 radical (unpaired) electrons. The molecular formula is C8H10ClN3O3. The van der Waals surface area contributed by atoms with Crippen LogP contribution in [0.1, 0.15) is 23.0 Å². The summed E-state index contributed by atoms with van der Waals surface area (Å²) in [6.45, 7) is 1.94. The van der Waals surface area contributed by atoms with Gasteiger partial charge in [-0.05, 0) is 6.92 Å². The Morgan fingerprint density at radius 2 is 2.47 bits per heavy atom. The van der Waals surface area contributed by atoms with E-state index < -0.39 is 5.97 Å². The summed E-state index contributed by atoms with van der Waals surface area (Å²) in [6.07, 6.45) is 1.45. The van der Waals surface area contributed by atoms with Crippen LogP contribution in [0.4, 0.5) is 0 Å². The van der Waals surface area contributed by atoms with E-state index in [1.54, 1.807) is 14.0 Å². The molecule has 0 aliphatic rings. The van der Waals surface area contributed by atoms with Gasteiger partial charge in [0.25, 0.3) is 0 Å². The Labute approximate surface area is 91.1 Å². The number of rotatable bonds is 3. The molecule has 0 fully saturated rings. The smallest absolute Gasteiger partial charge is 0.342 e. The molecule has 1 aromatic heterocycles. The third-order valence-corrected chi connectivity index (χ3v) is 1.86. The van der Waals surface area contributed by atoms with E-state index in [1.165, 1.54) is 10.9 Å². The Bertz CT molecular complexity index is 400. The number of nitrogens with zero attached hydrogens (tertiary/aromatic N) is 3. The molecule has 0 saturated heterocycles. The van der Waals surface area contributed by atoms with Gasteiger partial charge in [0, 0.05) is 13.2 Å². The predicted molar refractivity (Wildman–Crippen MR) is 53.3 cm³/mol. The highest BCUT2D eigenvalue weighted by molar-refractivity contribution is 6.69. The van der Waals surface area contributed by atoms with Crippen LogP contribution < -0.4 is 0 Å². The van der Waals surface area contributed by atoms with Crippen molar-refractivity contribution in [3.05, 3.63) is 17.5 Å². The molecule has 1 heterocycles. The third-order valence-electron chi connectivity index (χ3n) is 1.61. The largest absolute Gasteiger partial charge is 0.462 e. The van der Waals surface area contributed by atoms with Crippen molar-refractivity contribution in [2.24, 2.45) is 12.2 Å². The number of halogens is 1. The molecule has 15 heavy (non-hydrogen) atoms. The first kappa shape index (κ1) is 11.5. The molecule has 7 heteroatoms. The fourth-order valence-electron chi connectivity index (χ4n) is 1.05. The van der Waals surface area contributed by atoms with Gasteiger partial charge >= 0.3 is 5.97 Å². The molecule has 0 aliphatic heterocycles. The molecule has 6 nitrogen and oxygen atoms in total. The summed E-state index contributed by atoms with van der Waals surface area (Å²) in [7, 11) is 1.62. The number of ether oxygens (including phenoxy) is 1. The Balaban J connectivity index is 3.11. The molecule has 0 spiro atoms. The molecule has 0 bridgehead atoms. The summed E-state index contributed by atoms with van der Waals surface area (Å²) < 4.78 is 6.17. The van der Waals surface area contributed by atoms with E-state index in [9.17, 15) is 4.79 Å².